The van der Waals surface area contributed by atoms with Gasteiger partial charge in [-0.15, -0.1) is 0 Å². The molecule has 0 aliphatic carbocycles. The molecule has 0 fully saturated rings. The van der Waals surface area contributed by atoms with Crippen molar-refractivity contribution in [2.45, 2.75) is 6.54 Å². The molecular weight excluding hydrogens is 222 g/mol. The molecule has 1 N–H and O–H groups in total. The summed E-state index contributed by atoms with van der Waals surface area (Å²) in [7, 11) is 0. The molecule has 0 radical (unpaired) electrons. The standard InChI is InChI=1S/C11H9N3O3/c15-10-4-3-9(8-2-1-5-12-6-8)13-14(10)7-11(16)17/h1-6H,7H2,(H,16,17). The molecule has 0 aromatic carbocycles. The third kappa shape index (κ3) is 2.54. The van der Waals surface area contributed by atoms with Crippen molar-refractivity contribution >= 4 is 5.97 Å². The topological polar surface area (TPSA) is 85.1 Å². The van der Waals surface area contributed by atoms with E-state index in [9.17, 15) is 9.59 Å². The Kier molecular flexibility index (Phi) is 2.95. The Bertz CT molecular complexity index is 592. The fraction of sp³-hybridized carbons (Fsp3) is 0.0909. The Hall–Kier alpha value is -2.50. The zero-order valence-electron chi connectivity index (χ0n) is 8.78. The SMILES string of the molecule is O=C(O)Cn1nc(-c2cccnc2)ccc1=O. The largest absolute Gasteiger partial charge is 0.480 e. The number of aliphatic carboxylic acids is 1. The molecule has 0 spiro atoms. The Labute approximate surface area is 96.2 Å². The molecule has 0 saturated heterocycles. The number of carboxylic acid groups (broad SMARTS) is 1. The molecule has 0 aliphatic rings. The predicted octanol–water partition coefficient (Wildman–Crippen LogP) is 0.390. The van der Waals surface area contributed by atoms with Crippen LogP contribution >= 0.6 is 0 Å². The van der Waals surface area contributed by atoms with Gasteiger partial charge in [-0.05, 0) is 18.2 Å². The van der Waals surface area contributed by atoms with E-state index in [-0.39, 0.29) is 0 Å². The van der Waals surface area contributed by atoms with Crippen molar-refractivity contribution in [3.8, 4) is 11.3 Å². The number of hydrogen-bond acceptors (Lipinski definition) is 4. The molecule has 2 aromatic heterocycles. The number of pyridine rings is 1. The highest BCUT2D eigenvalue weighted by Gasteiger charge is 2.06. The van der Waals surface area contributed by atoms with Crippen LogP contribution in [0.5, 0.6) is 0 Å². The number of aromatic nitrogens is 3. The maximum absolute atomic E-state index is 11.4. The minimum Gasteiger partial charge on any atom is -0.480 e. The lowest BCUT2D eigenvalue weighted by Gasteiger charge is -2.04. The summed E-state index contributed by atoms with van der Waals surface area (Å²) < 4.78 is 0.907. The molecule has 2 heterocycles. The summed E-state index contributed by atoms with van der Waals surface area (Å²) in [5, 5.41) is 12.6. The van der Waals surface area contributed by atoms with Gasteiger partial charge in [-0.25, -0.2) is 4.68 Å². The molecule has 86 valence electrons. The van der Waals surface area contributed by atoms with Crippen molar-refractivity contribution in [3.63, 3.8) is 0 Å². The van der Waals surface area contributed by atoms with Crippen molar-refractivity contribution in [1.29, 1.82) is 0 Å². The number of nitrogens with zero attached hydrogens (tertiary/aromatic N) is 3. The first kappa shape index (κ1) is 11.0. The summed E-state index contributed by atoms with van der Waals surface area (Å²) in [4.78, 5) is 25.8. The minimum absolute atomic E-state index is 0.444. The van der Waals surface area contributed by atoms with Crippen LogP contribution in [0.15, 0.2) is 41.5 Å². The monoisotopic (exact) mass is 231 g/mol. The Morgan fingerprint density at radius 2 is 2.18 bits per heavy atom. The normalized spacial score (nSPS) is 10.1. The first-order valence-electron chi connectivity index (χ1n) is 4.87. The van der Waals surface area contributed by atoms with E-state index >= 15 is 0 Å². The third-order valence-corrected chi connectivity index (χ3v) is 2.11. The second kappa shape index (κ2) is 4.56. The van der Waals surface area contributed by atoms with Crippen LogP contribution in [0, 0.1) is 0 Å². The second-order valence-corrected chi connectivity index (χ2v) is 3.35. The van der Waals surface area contributed by atoms with Crippen molar-refractivity contribution in [3.05, 3.63) is 47.0 Å². The number of carbonyl (C=O) groups is 1. The molecule has 0 amide bonds. The molecule has 0 unspecified atom stereocenters. The first-order chi connectivity index (χ1) is 8.16. The molecule has 0 atom stereocenters. The molecular formula is C11H9N3O3. The van der Waals surface area contributed by atoms with E-state index < -0.39 is 18.1 Å². The zero-order chi connectivity index (χ0) is 12.3. The van der Waals surface area contributed by atoms with E-state index in [1.165, 1.54) is 12.1 Å². The predicted molar refractivity (Wildman–Crippen MR) is 59.4 cm³/mol. The summed E-state index contributed by atoms with van der Waals surface area (Å²) in [5.41, 5.74) is 0.797. The smallest absolute Gasteiger partial charge is 0.325 e. The Balaban J connectivity index is 2.44. The van der Waals surface area contributed by atoms with Gasteiger partial charge in [0.15, 0.2) is 0 Å². The Morgan fingerprint density at radius 3 is 2.82 bits per heavy atom. The summed E-state index contributed by atoms with van der Waals surface area (Å²) in [6, 6.07) is 6.35. The van der Waals surface area contributed by atoms with E-state index in [2.05, 4.69) is 10.1 Å². The van der Waals surface area contributed by atoms with E-state index in [0.29, 0.717) is 5.69 Å². The van der Waals surface area contributed by atoms with E-state index in [0.717, 1.165) is 10.2 Å². The van der Waals surface area contributed by atoms with Gasteiger partial charge in [-0.2, -0.15) is 5.10 Å². The average molecular weight is 231 g/mol. The number of rotatable bonds is 3. The molecule has 0 saturated carbocycles. The third-order valence-electron chi connectivity index (χ3n) is 2.11. The maximum atomic E-state index is 11.4. The van der Waals surface area contributed by atoms with Crippen LogP contribution in [0.1, 0.15) is 0 Å². The van der Waals surface area contributed by atoms with Crippen LogP contribution in [-0.2, 0) is 11.3 Å². The van der Waals surface area contributed by atoms with Gasteiger partial charge < -0.3 is 5.11 Å². The highest BCUT2D eigenvalue weighted by atomic mass is 16.4. The quantitative estimate of drug-likeness (QED) is 0.825. The minimum atomic E-state index is -1.11. The molecule has 0 bridgehead atoms. The van der Waals surface area contributed by atoms with Gasteiger partial charge in [0, 0.05) is 24.0 Å². The number of carboxylic acids is 1. The fourth-order valence-electron chi connectivity index (χ4n) is 1.36. The van der Waals surface area contributed by atoms with Crippen LogP contribution in [0.3, 0.4) is 0 Å². The first-order valence-corrected chi connectivity index (χ1v) is 4.87. The summed E-state index contributed by atoms with van der Waals surface area (Å²) in [6.07, 6.45) is 3.22. The highest BCUT2D eigenvalue weighted by Crippen LogP contribution is 2.12. The van der Waals surface area contributed by atoms with E-state index in [4.69, 9.17) is 5.11 Å². The summed E-state index contributed by atoms with van der Waals surface area (Å²) >= 11 is 0. The summed E-state index contributed by atoms with van der Waals surface area (Å²) in [6.45, 7) is -0.451. The molecule has 6 heteroatoms. The second-order valence-electron chi connectivity index (χ2n) is 3.35. The Morgan fingerprint density at radius 1 is 1.35 bits per heavy atom. The van der Waals surface area contributed by atoms with Crippen LogP contribution in [-0.4, -0.2) is 25.8 Å². The van der Waals surface area contributed by atoms with Gasteiger partial charge in [0.25, 0.3) is 5.56 Å². The summed E-state index contributed by atoms with van der Waals surface area (Å²) in [5.74, 6) is -1.11. The lowest BCUT2D eigenvalue weighted by molar-refractivity contribution is -0.138. The lowest BCUT2D eigenvalue weighted by Crippen LogP contribution is -2.26. The van der Waals surface area contributed by atoms with Crippen LogP contribution in [0.25, 0.3) is 11.3 Å². The van der Waals surface area contributed by atoms with Gasteiger partial charge in [0.1, 0.15) is 6.54 Å². The zero-order valence-corrected chi connectivity index (χ0v) is 8.78. The van der Waals surface area contributed by atoms with Gasteiger partial charge >= 0.3 is 5.97 Å². The van der Waals surface area contributed by atoms with Crippen LogP contribution < -0.4 is 5.56 Å². The van der Waals surface area contributed by atoms with Crippen LogP contribution in [0.2, 0.25) is 0 Å². The van der Waals surface area contributed by atoms with E-state index in [1.807, 2.05) is 0 Å². The molecule has 2 aromatic rings. The fourth-order valence-corrected chi connectivity index (χ4v) is 1.36. The molecule has 0 aliphatic heterocycles. The molecule has 2 rings (SSSR count). The van der Waals surface area contributed by atoms with Gasteiger partial charge in [-0.1, -0.05) is 0 Å². The van der Waals surface area contributed by atoms with Crippen LogP contribution in [0.4, 0.5) is 0 Å². The number of hydrogen-bond donors (Lipinski definition) is 1. The maximum Gasteiger partial charge on any atom is 0.325 e. The lowest BCUT2D eigenvalue weighted by atomic mass is 10.2. The van der Waals surface area contributed by atoms with Crippen molar-refractivity contribution in [1.82, 2.24) is 14.8 Å². The van der Waals surface area contributed by atoms with Crippen molar-refractivity contribution in [2.75, 3.05) is 0 Å². The van der Waals surface area contributed by atoms with Gasteiger partial charge in [-0.3, -0.25) is 14.6 Å². The molecule has 17 heavy (non-hydrogen) atoms. The van der Waals surface area contributed by atoms with Crippen molar-refractivity contribution < 1.29 is 9.90 Å². The van der Waals surface area contributed by atoms with Crippen molar-refractivity contribution in [2.24, 2.45) is 0 Å². The van der Waals surface area contributed by atoms with E-state index in [1.54, 1.807) is 24.5 Å². The average Bonchev–Trinajstić information content (AvgIpc) is 2.32. The molecule has 6 nitrogen and oxygen atoms in total. The van der Waals surface area contributed by atoms with Gasteiger partial charge in [0.05, 0.1) is 5.69 Å². The highest BCUT2D eigenvalue weighted by molar-refractivity contribution is 5.66. The van der Waals surface area contributed by atoms with Gasteiger partial charge in [0.2, 0.25) is 0 Å².